The molecule has 2 aliphatic heterocycles. The summed E-state index contributed by atoms with van der Waals surface area (Å²) in [6, 6.07) is 20.4. The number of hydrogen-bond acceptors (Lipinski definition) is 2. The monoisotopic (exact) mass is 419 g/mol. The van der Waals surface area contributed by atoms with Crippen LogP contribution in [-0.4, -0.2) is 17.3 Å². The molecule has 5 rings (SSSR count). The van der Waals surface area contributed by atoms with Crippen LogP contribution < -0.4 is 0 Å². The molecule has 4 heteroatoms. The van der Waals surface area contributed by atoms with Crippen LogP contribution in [0.2, 0.25) is 0 Å². The van der Waals surface area contributed by atoms with Gasteiger partial charge in [-0.3, -0.25) is 4.57 Å². The molecular weight excluding hydrogens is 389 g/mol. The first-order valence-electron chi connectivity index (χ1n) is 10.9. The van der Waals surface area contributed by atoms with Gasteiger partial charge in [-0.15, -0.1) is 0 Å². The second-order valence-corrected chi connectivity index (χ2v) is 12.7. The summed E-state index contributed by atoms with van der Waals surface area (Å²) < 4.78 is 23.2. The molecular formula is C26H30NO2P. The molecule has 0 amide bonds. The second-order valence-electron chi connectivity index (χ2n) is 10.3. The van der Waals surface area contributed by atoms with E-state index in [9.17, 15) is 4.57 Å². The molecule has 3 nitrogen and oxygen atoms in total. The van der Waals surface area contributed by atoms with Gasteiger partial charge in [-0.2, -0.15) is 0 Å². The van der Waals surface area contributed by atoms with Crippen LogP contribution in [0.3, 0.4) is 0 Å². The van der Waals surface area contributed by atoms with Crippen molar-refractivity contribution in [1.82, 2.24) is 4.67 Å². The van der Waals surface area contributed by atoms with Gasteiger partial charge in [0.15, 0.2) is 0 Å². The molecule has 2 atom stereocenters. The maximum atomic E-state index is 14.6. The molecule has 1 aliphatic carbocycles. The standard InChI is InChI=1S/C26H30NO2P/c1-25(2)14-22-15-26(3,18-25)19-27(22)30(28)16-23(20-10-6-4-7-11-20)29-24(17-30)21-12-8-5-9-13-21/h4-13,16-17,22H,14-15,18-19H2,1-3H3. The largest absolute Gasteiger partial charge is 0.456 e. The lowest BCUT2D eigenvalue weighted by atomic mass is 9.65. The van der Waals surface area contributed by atoms with Crippen LogP contribution in [0.4, 0.5) is 0 Å². The van der Waals surface area contributed by atoms with Crippen LogP contribution >= 0.6 is 7.29 Å². The number of hydrogen-bond donors (Lipinski definition) is 0. The molecule has 0 aromatic heterocycles. The van der Waals surface area contributed by atoms with Crippen LogP contribution in [0.15, 0.2) is 72.3 Å². The van der Waals surface area contributed by atoms with E-state index in [1.807, 2.05) is 72.3 Å². The van der Waals surface area contributed by atoms with Gasteiger partial charge >= 0.3 is 0 Å². The smallest absolute Gasteiger partial charge is 0.200 e. The minimum Gasteiger partial charge on any atom is -0.456 e. The van der Waals surface area contributed by atoms with Gasteiger partial charge in [-0.1, -0.05) is 81.4 Å². The molecule has 2 aromatic carbocycles. The molecule has 30 heavy (non-hydrogen) atoms. The van der Waals surface area contributed by atoms with Crippen molar-refractivity contribution in [3.8, 4) is 0 Å². The molecule has 2 heterocycles. The van der Waals surface area contributed by atoms with E-state index in [1.165, 1.54) is 6.42 Å². The lowest BCUT2D eigenvalue weighted by Crippen LogP contribution is -2.33. The third-order valence-corrected chi connectivity index (χ3v) is 9.21. The van der Waals surface area contributed by atoms with Crippen LogP contribution in [-0.2, 0) is 9.30 Å². The van der Waals surface area contributed by atoms with Crippen LogP contribution in [0.5, 0.6) is 0 Å². The van der Waals surface area contributed by atoms with Crippen molar-refractivity contribution in [2.24, 2.45) is 10.8 Å². The van der Waals surface area contributed by atoms with Crippen molar-refractivity contribution in [2.75, 3.05) is 6.54 Å². The summed E-state index contributed by atoms with van der Waals surface area (Å²) in [7, 11) is -2.89. The highest BCUT2D eigenvalue weighted by Gasteiger charge is 2.53. The fraction of sp³-hybridized carbons (Fsp3) is 0.385. The molecule has 2 unspecified atom stereocenters. The number of nitrogens with zero attached hydrogens (tertiary/aromatic N) is 1. The maximum Gasteiger partial charge on any atom is 0.200 e. The molecule has 3 aliphatic rings. The zero-order valence-electron chi connectivity index (χ0n) is 18.0. The van der Waals surface area contributed by atoms with Gasteiger partial charge in [0.2, 0.25) is 7.29 Å². The lowest BCUT2D eigenvalue weighted by Gasteiger charge is -2.40. The number of fused-ring (bicyclic) bond motifs is 2. The van der Waals surface area contributed by atoms with Crippen LogP contribution in [0.1, 0.15) is 51.2 Å². The van der Waals surface area contributed by atoms with E-state index in [2.05, 4.69) is 25.4 Å². The van der Waals surface area contributed by atoms with E-state index in [4.69, 9.17) is 4.74 Å². The highest BCUT2D eigenvalue weighted by atomic mass is 31.2. The summed E-state index contributed by atoms with van der Waals surface area (Å²) in [6.45, 7) is 7.97. The molecule has 156 valence electrons. The Morgan fingerprint density at radius 1 is 0.867 bits per heavy atom. The van der Waals surface area contributed by atoms with E-state index in [0.29, 0.717) is 17.6 Å². The predicted octanol–water partition coefficient (Wildman–Crippen LogP) is 7.19. The first kappa shape index (κ1) is 19.8. The molecule has 0 spiro atoms. The predicted molar refractivity (Wildman–Crippen MR) is 124 cm³/mol. The third kappa shape index (κ3) is 3.59. The maximum absolute atomic E-state index is 14.6. The van der Waals surface area contributed by atoms with Gasteiger partial charge in [0, 0.05) is 35.3 Å². The SMILES string of the molecule is CC1(C)CC2CC(C)(CN2P2(=O)C=C(c3ccccc3)OC(c3ccccc3)=C2)C1. The van der Waals surface area contributed by atoms with Gasteiger partial charge in [0.25, 0.3) is 0 Å². The second kappa shape index (κ2) is 6.97. The van der Waals surface area contributed by atoms with E-state index >= 15 is 0 Å². The Morgan fingerprint density at radius 3 is 1.93 bits per heavy atom. The Hall–Kier alpha value is -2.09. The summed E-state index contributed by atoms with van der Waals surface area (Å²) >= 11 is 0. The summed E-state index contributed by atoms with van der Waals surface area (Å²) in [5.41, 5.74) is 2.44. The van der Waals surface area contributed by atoms with Crippen molar-refractivity contribution < 1.29 is 9.30 Å². The van der Waals surface area contributed by atoms with Crippen LogP contribution in [0, 0.1) is 10.8 Å². The van der Waals surface area contributed by atoms with Gasteiger partial charge in [0.1, 0.15) is 11.5 Å². The van der Waals surface area contributed by atoms with Crippen molar-refractivity contribution in [3.63, 3.8) is 0 Å². The highest BCUT2D eigenvalue weighted by molar-refractivity contribution is 7.68. The summed E-state index contributed by atoms with van der Waals surface area (Å²) in [5, 5.41) is 0. The molecule has 2 fully saturated rings. The average Bonchev–Trinajstić information content (AvgIpc) is 2.98. The third-order valence-electron chi connectivity index (χ3n) is 6.73. The Labute approximate surface area is 179 Å². The quantitative estimate of drug-likeness (QED) is 0.493. The first-order chi connectivity index (χ1) is 14.3. The Balaban J connectivity index is 1.60. The minimum atomic E-state index is -2.89. The van der Waals surface area contributed by atoms with E-state index in [1.54, 1.807) is 0 Å². The van der Waals surface area contributed by atoms with Gasteiger partial charge < -0.3 is 4.74 Å². The molecule has 0 N–H and O–H groups in total. The van der Waals surface area contributed by atoms with Gasteiger partial charge in [0.05, 0.1) is 0 Å². The molecule has 0 radical (unpaired) electrons. The fourth-order valence-electron chi connectivity index (χ4n) is 5.96. The zero-order valence-corrected chi connectivity index (χ0v) is 18.9. The van der Waals surface area contributed by atoms with Crippen LogP contribution in [0.25, 0.3) is 11.5 Å². The van der Waals surface area contributed by atoms with E-state index < -0.39 is 7.29 Å². The van der Waals surface area contributed by atoms with Crippen molar-refractivity contribution in [3.05, 3.63) is 83.4 Å². The Morgan fingerprint density at radius 2 is 1.40 bits per heavy atom. The highest BCUT2D eigenvalue weighted by Crippen LogP contribution is 2.66. The normalized spacial score (nSPS) is 29.6. The topological polar surface area (TPSA) is 29.5 Å². The van der Waals surface area contributed by atoms with Crippen molar-refractivity contribution in [1.29, 1.82) is 0 Å². The molecule has 1 saturated heterocycles. The Bertz CT molecular complexity index is 997. The summed E-state index contributed by atoms with van der Waals surface area (Å²) in [6.07, 6.45) is 3.41. The number of benzene rings is 2. The molecule has 2 aromatic rings. The minimum absolute atomic E-state index is 0.226. The van der Waals surface area contributed by atoms with Crippen molar-refractivity contribution in [2.45, 2.75) is 46.1 Å². The van der Waals surface area contributed by atoms with E-state index in [-0.39, 0.29) is 10.8 Å². The number of rotatable bonds is 3. The van der Waals surface area contributed by atoms with Gasteiger partial charge in [-0.25, -0.2) is 4.67 Å². The molecule has 2 bridgehead atoms. The summed E-state index contributed by atoms with van der Waals surface area (Å²) in [4.78, 5) is 0. The fourth-order valence-corrected chi connectivity index (χ4v) is 8.64. The lowest BCUT2D eigenvalue weighted by molar-refractivity contribution is 0.133. The van der Waals surface area contributed by atoms with Crippen molar-refractivity contribution >= 4 is 18.8 Å². The first-order valence-corrected chi connectivity index (χ1v) is 12.7. The van der Waals surface area contributed by atoms with E-state index in [0.717, 1.165) is 30.5 Å². The Kier molecular flexibility index (Phi) is 4.61. The number of ether oxygens (including phenoxy) is 1. The average molecular weight is 420 g/mol. The van der Waals surface area contributed by atoms with Gasteiger partial charge in [-0.05, 0) is 30.1 Å². The summed E-state index contributed by atoms with van der Waals surface area (Å²) in [5.74, 6) is 5.22. The zero-order chi connectivity index (χ0) is 21.0. The molecule has 1 saturated carbocycles.